The Kier molecular flexibility index (Phi) is 36.6. The Morgan fingerprint density at radius 2 is 0.848 bits per heavy atom. The third kappa shape index (κ3) is 36.9. The fourth-order valence-corrected chi connectivity index (χ4v) is 6.16. The number of carboxylic acids is 1. The molecule has 270 valence electrons. The van der Waals surface area contributed by atoms with Crippen LogP contribution in [0.4, 0.5) is 0 Å². The minimum atomic E-state index is -0.724. The SMILES string of the molecule is CCCCC/C=C\C/C=C\CCCCCCCC(=O)OC(CCCCCCCCCCCCCCCCC)CCCCCC(=O)O. The highest BCUT2D eigenvalue weighted by Crippen LogP contribution is 2.19. The highest BCUT2D eigenvalue weighted by atomic mass is 16.5. The van der Waals surface area contributed by atoms with E-state index in [4.69, 9.17) is 9.84 Å². The molecule has 1 unspecified atom stereocenters. The lowest BCUT2D eigenvalue weighted by Crippen LogP contribution is -2.18. The van der Waals surface area contributed by atoms with E-state index in [0.717, 1.165) is 57.8 Å². The summed E-state index contributed by atoms with van der Waals surface area (Å²) < 4.78 is 5.95. The molecule has 1 N–H and O–H groups in total. The van der Waals surface area contributed by atoms with Gasteiger partial charge in [0.15, 0.2) is 0 Å². The summed E-state index contributed by atoms with van der Waals surface area (Å²) in [6, 6.07) is 0. The van der Waals surface area contributed by atoms with E-state index >= 15 is 0 Å². The van der Waals surface area contributed by atoms with Gasteiger partial charge in [0.2, 0.25) is 0 Å². The summed E-state index contributed by atoms with van der Waals surface area (Å²) in [5.41, 5.74) is 0. The van der Waals surface area contributed by atoms with Crippen LogP contribution in [-0.2, 0) is 14.3 Å². The summed E-state index contributed by atoms with van der Waals surface area (Å²) in [7, 11) is 0. The van der Waals surface area contributed by atoms with Crippen molar-refractivity contribution in [2.24, 2.45) is 0 Å². The van der Waals surface area contributed by atoms with Gasteiger partial charge in [-0.25, -0.2) is 0 Å². The Morgan fingerprint density at radius 1 is 0.478 bits per heavy atom. The van der Waals surface area contributed by atoms with Crippen LogP contribution in [0.15, 0.2) is 24.3 Å². The number of carbonyl (C=O) groups excluding carboxylic acids is 1. The number of hydrogen-bond donors (Lipinski definition) is 1. The first-order chi connectivity index (χ1) is 22.6. The average molecular weight is 647 g/mol. The first kappa shape index (κ1) is 44.4. The largest absolute Gasteiger partial charge is 0.481 e. The zero-order valence-electron chi connectivity index (χ0n) is 30.9. The van der Waals surface area contributed by atoms with Crippen LogP contribution in [0.1, 0.15) is 226 Å². The second-order valence-corrected chi connectivity index (χ2v) is 13.8. The number of ether oxygens (including phenoxy) is 1. The average Bonchev–Trinajstić information content (AvgIpc) is 3.04. The molecule has 1 atom stereocenters. The van der Waals surface area contributed by atoms with Crippen LogP contribution in [-0.4, -0.2) is 23.1 Å². The minimum Gasteiger partial charge on any atom is -0.481 e. The van der Waals surface area contributed by atoms with Gasteiger partial charge in [0.25, 0.3) is 0 Å². The van der Waals surface area contributed by atoms with E-state index < -0.39 is 5.97 Å². The Hall–Kier alpha value is -1.58. The molecule has 0 aliphatic heterocycles. The van der Waals surface area contributed by atoms with E-state index in [1.807, 2.05) is 0 Å². The van der Waals surface area contributed by atoms with Crippen molar-refractivity contribution in [3.05, 3.63) is 24.3 Å². The molecule has 4 heteroatoms. The first-order valence-electron chi connectivity index (χ1n) is 20.3. The molecule has 46 heavy (non-hydrogen) atoms. The normalized spacial score (nSPS) is 12.4. The number of carbonyl (C=O) groups is 2. The lowest BCUT2D eigenvalue weighted by atomic mass is 10.0. The fraction of sp³-hybridized carbons (Fsp3) is 0.857. The maximum atomic E-state index is 12.6. The summed E-state index contributed by atoms with van der Waals surface area (Å²) in [6.45, 7) is 4.53. The number of rotatable bonds is 37. The van der Waals surface area contributed by atoms with Crippen molar-refractivity contribution in [3.63, 3.8) is 0 Å². The molecular formula is C42H78O4. The van der Waals surface area contributed by atoms with E-state index in [-0.39, 0.29) is 18.5 Å². The van der Waals surface area contributed by atoms with Crippen molar-refractivity contribution in [1.29, 1.82) is 0 Å². The number of unbranched alkanes of at least 4 members (excludes halogenated alkanes) is 24. The third-order valence-corrected chi connectivity index (χ3v) is 9.18. The predicted octanol–water partition coefficient (Wildman–Crippen LogP) is 14.0. The van der Waals surface area contributed by atoms with Crippen LogP contribution in [0.25, 0.3) is 0 Å². The van der Waals surface area contributed by atoms with E-state index in [1.54, 1.807) is 0 Å². The molecule has 0 heterocycles. The van der Waals surface area contributed by atoms with Gasteiger partial charge in [-0.3, -0.25) is 9.59 Å². The summed E-state index contributed by atoms with van der Waals surface area (Å²) in [5.74, 6) is -0.764. The highest BCUT2D eigenvalue weighted by molar-refractivity contribution is 5.69. The van der Waals surface area contributed by atoms with Crippen LogP contribution >= 0.6 is 0 Å². The van der Waals surface area contributed by atoms with Crippen molar-refractivity contribution in [2.75, 3.05) is 0 Å². The molecule has 0 fully saturated rings. The molecule has 0 amide bonds. The van der Waals surface area contributed by atoms with Gasteiger partial charge < -0.3 is 9.84 Å². The topological polar surface area (TPSA) is 63.6 Å². The second-order valence-electron chi connectivity index (χ2n) is 13.8. The molecule has 0 aliphatic carbocycles. The van der Waals surface area contributed by atoms with Gasteiger partial charge in [0.1, 0.15) is 6.10 Å². The van der Waals surface area contributed by atoms with Crippen LogP contribution < -0.4 is 0 Å². The van der Waals surface area contributed by atoms with Gasteiger partial charge in [-0.15, -0.1) is 0 Å². The van der Waals surface area contributed by atoms with Crippen molar-refractivity contribution in [2.45, 2.75) is 232 Å². The first-order valence-corrected chi connectivity index (χ1v) is 20.3. The minimum absolute atomic E-state index is 0.00252. The molecule has 0 aromatic carbocycles. The Morgan fingerprint density at radius 3 is 1.35 bits per heavy atom. The van der Waals surface area contributed by atoms with Crippen molar-refractivity contribution >= 4 is 11.9 Å². The van der Waals surface area contributed by atoms with Crippen LogP contribution in [0, 0.1) is 0 Å². The number of carboxylic acid groups (broad SMARTS) is 1. The molecule has 4 nitrogen and oxygen atoms in total. The zero-order valence-corrected chi connectivity index (χ0v) is 30.9. The summed E-state index contributed by atoms with van der Waals surface area (Å²) >= 11 is 0. The standard InChI is InChI=1S/C42H78O4/c1-3-5-7-9-11-13-15-17-19-21-23-25-27-29-32-36-40(37-33-31-34-38-41(43)44)46-42(45)39-35-30-28-26-24-22-20-18-16-14-12-10-8-6-4-2/h12,14,18,20,40H,3-11,13,15-17,19,21-39H2,1-2H3,(H,43,44)/b14-12-,20-18-. The number of allylic oxidation sites excluding steroid dienone is 4. The molecule has 0 aromatic rings. The Labute approximate surface area is 287 Å². The van der Waals surface area contributed by atoms with E-state index in [9.17, 15) is 9.59 Å². The Bertz CT molecular complexity index is 698. The van der Waals surface area contributed by atoms with E-state index in [2.05, 4.69) is 38.2 Å². The van der Waals surface area contributed by atoms with Crippen LogP contribution in [0.3, 0.4) is 0 Å². The van der Waals surface area contributed by atoms with Gasteiger partial charge >= 0.3 is 11.9 Å². The van der Waals surface area contributed by atoms with Gasteiger partial charge in [-0.05, 0) is 70.6 Å². The summed E-state index contributed by atoms with van der Waals surface area (Å²) in [4.78, 5) is 23.4. The van der Waals surface area contributed by atoms with Gasteiger partial charge in [-0.2, -0.15) is 0 Å². The molecular weight excluding hydrogens is 568 g/mol. The van der Waals surface area contributed by atoms with Crippen LogP contribution in [0.5, 0.6) is 0 Å². The van der Waals surface area contributed by atoms with E-state index in [0.29, 0.717) is 12.8 Å². The lowest BCUT2D eigenvalue weighted by molar-refractivity contribution is -0.150. The van der Waals surface area contributed by atoms with Gasteiger partial charge in [0, 0.05) is 12.8 Å². The predicted molar refractivity (Wildman–Crippen MR) is 200 cm³/mol. The highest BCUT2D eigenvalue weighted by Gasteiger charge is 2.14. The smallest absolute Gasteiger partial charge is 0.306 e. The fourth-order valence-electron chi connectivity index (χ4n) is 6.16. The molecule has 0 bridgehead atoms. The molecule has 0 saturated carbocycles. The number of aliphatic carboxylic acids is 1. The third-order valence-electron chi connectivity index (χ3n) is 9.18. The molecule has 0 spiro atoms. The lowest BCUT2D eigenvalue weighted by Gasteiger charge is -2.18. The van der Waals surface area contributed by atoms with Gasteiger partial charge in [-0.1, -0.05) is 167 Å². The van der Waals surface area contributed by atoms with Crippen molar-refractivity contribution in [1.82, 2.24) is 0 Å². The maximum absolute atomic E-state index is 12.6. The van der Waals surface area contributed by atoms with Crippen LogP contribution in [0.2, 0.25) is 0 Å². The second kappa shape index (κ2) is 37.9. The number of esters is 1. The van der Waals surface area contributed by atoms with E-state index in [1.165, 1.54) is 135 Å². The summed E-state index contributed by atoms with van der Waals surface area (Å²) in [5, 5.41) is 8.90. The molecule has 0 aromatic heterocycles. The Balaban J connectivity index is 3.95. The maximum Gasteiger partial charge on any atom is 0.306 e. The van der Waals surface area contributed by atoms with Crippen molar-refractivity contribution < 1.29 is 19.4 Å². The number of hydrogen-bond acceptors (Lipinski definition) is 3. The molecule has 0 aliphatic rings. The monoisotopic (exact) mass is 647 g/mol. The zero-order chi connectivity index (χ0) is 33.6. The quantitative estimate of drug-likeness (QED) is 0.0414. The van der Waals surface area contributed by atoms with Crippen molar-refractivity contribution in [3.8, 4) is 0 Å². The summed E-state index contributed by atoms with van der Waals surface area (Å²) in [6.07, 6.45) is 47.6. The molecule has 0 radical (unpaired) electrons. The molecule has 0 rings (SSSR count). The van der Waals surface area contributed by atoms with Gasteiger partial charge in [0.05, 0.1) is 0 Å². The molecule has 0 saturated heterocycles.